The summed E-state index contributed by atoms with van der Waals surface area (Å²) in [6.45, 7) is 8.70. The number of halogens is 1. The summed E-state index contributed by atoms with van der Waals surface area (Å²) in [5.41, 5.74) is 0. The third-order valence-electron chi connectivity index (χ3n) is 2.61. The number of rotatable bonds is 7. The molecule has 1 N–H and O–H groups in total. The Labute approximate surface area is 107 Å². The molecule has 0 saturated carbocycles. The van der Waals surface area contributed by atoms with Crippen LogP contribution in [0.25, 0.3) is 0 Å². The molecule has 0 aliphatic carbocycles. The summed E-state index contributed by atoms with van der Waals surface area (Å²) >= 11 is 3.39. The van der Waals surface area contributed by atoms with Gasteiger partial charge in [0.1, 0.15) is 0 Å². The summed E-state index contributed by atoms with van der Waals surface area (Å²) < 4.78 is 2.99. The van der Waals surface area contributed by atoms with E-state index >= 15 is 0 Å². The molecule has 4 heteroatoms. The van der Waals surface area contributed by atoms with E-state index in [0.717, 1.165) is 23.5 Å². The topological polar surface area (TPSA) is 29.9 Å². The molecule has 0 spiro atoms. The minimum absolute atomic E-state index is 0.599. The molecule has 1 unspecified atom stereocenters. The molecule has 0 saturated heterocycles. The highest BCUT2D eigenvalue weighted by Crippen LogP contribution is 2.07. The summed E-state index contributed by atoms with van der Waals surface area (Å²) in [6.07, 6.45) is 6.37. The Hall–Kier alpha value is -0.350. The van der Waals surface area contributed by atoms with Gasteiger partial charge in [0.05, 0.1) is 17.2 Å². The van der Waals surface area contributed by atoms with Crippen LogP contribution >= 0.6 is 15.9 Å². The molecule has 3 nitrogen and oxygen atoms in total. The Bertz CT molecular complexity index is 296. The normalized spacial score (nSPS) is 13.3. The van der Waals surface area contributed by atoms with E-state index < -0.39 is 0 Å². The first-order valence-corrected chi connectivity index (χ1v) is 6.78. The van der Waals surface area contributed by atoms with E-state index in [4.69, 9.17) is 0 Å². The predicted octanol–water partition coefficient (Wildman–Crippen LogP) is 3.06. The van der Waals surface area contributed by atoms with Crippen molar-refractivity contribution in [2.24, 2.45) is 5.92 Å². The van der Waals surface area contributed by atoms with Gasteiger partial charge in [-0.05, 0) is 41.6 Å². The van der Waals surface area contributed by atoms with Crippen LogP contribution in [-0.4, -0.2) is 22.4 Å². The SMILES string of the molecule is CC(C)CCC(C)NCCn1cc(Br)cn1. The Morgan fingerprint density at radius 2 is 2.12 bits per heavy atom. The van der Waals surface area contributed by atoms with Crippen LogP contribution in [0.1, 0.15) is 33.6 Å². The Kier molecular flexibility index (Phi) is 6.06. The Morgan fingerprint density at radius 3 is 2.69 bits per heavy atom. The van der Waals surface area contributed by atoms with Gasteiger partial charge in [-0.25, -0.2) is 0 Å². The van der Waals surface area contributed by atoms with Crippen molar-refractivity contribution in [2.75, 3.05) is 6.54 Å². The van der Waals surface area contributed by atoms with E-state index in [1.54, 1.807) is 0 Å². The monoisotopic (exact) mass is 287 g/mol. The van der Waals surface area contributed by atoms with Crippen molar-refractivity contribution in [3.63, 3.8) is 0 Å². The molecule has 1 aromatic heterocycles. The molecule has 0 aromatic carbocycles. The van der Waals surface area contributed by atoms with Crippen molar-refractivity contribution in [3.8, 4) is 0 Å². The first kappa shape index (κ1) is 13.7. The number of nitrogens with zero attached hydrogens (tertiary/aromatic N) is 2. The van der Waals surface area contributed by atoms with E-state index in [1.807, 2.05) is 17.1 Å². The molecular weight excluding hydrogens is 266 g/mol. The molecule has 1 heterocycles. The van der Waals surface area contributed by atoms with Crippen molar-refractivity contribution < 1.29 is 0 Å². The second-order valence-corrected chi connectivity index (χ2v) is 5.66. The molecule has 0 amide bonds. The Balaban J connectivity index is 2.10. The maximum atomic E-state index is 4.22. The van der Waals surface area contributed by atoms with Crippen molar-refractivity contribution in [2.45, 2.75) is 46.2 Å². The molecule has 0 aliphatic heterocycles. The summed E-state index contributed by atoms with van der Waals surface area (Å²) in [5, 5.41) is 7.74. The standard InChI is InChI=1S/C12H22BrN3/c1-10(2)4-5-11(3)14-6-7-16-9-12(13)8-15-16/h8-11,14H,4-7H2,1-3H3. The lowest BCUT2D eigenvalue weighted by Crippen LogP contribution is -2.29. The van der Waals surface area contributed by atoms with Gasteiger partial charge >= 0.3 is 0 Å². The van der Waals surface area contributed by atoms with E-state index in [2.05, 4.69) is 47.1 Å². The molecule has 1 atom stereocenters. The zero-order chi connectivity index (χ0) is 12.0. The van der Waals surface area contributed by atoms with Crippen LogP contribution in [0.2, 0.25) is 0 Å². The van der Waals surface area contributed by atoms with Crippen LogP contribution in [0.5, 0.6) is 0 Å². The molecule has 92 valence electrons. The molecule has 1 rings (SSSR count). The molecule has 0 bridgehead atoms. The van der Waals surface area contributed by atoms with Crippen LogP contribution < -0.4 is 5.32 Å². The van der Waals surface area contributed by atoms with Gasteiger partial charge in [0.2, 0.25) is 0 Å². The Morgan fingerprint density at radius 1 is 1.38 bits per heavy atom. The van der Waals surface area contributed by atoms with Crippen molar-refractivity contribution in [1.29, 1.82) is 0 Å². The average Bonchev–Trinajstić information content (AvgIpc) is 2.61. The van der Waals surface area contributed by atoms with E-state index in [9.17, 15) is 0 Å². The molecule has 16 heavy (non-hydrogen) atoms. The third kappa shape index (κ3) is 5.66. The van der Waals surface area contributed by atoms with Gasteiger partial charge in [-0.15, -0.1) is 0 Å². The highest BCUT2D eigenvalue weighted by atomic mass is 79.9. The first-order chi connectivity index (χ1) is 7.58. The lowest BCUT2D eigenvalue weighted by Gasteiger charge is -2.14. The highest BCUT2D eigenvalue weighted by Gasteiger charge is 2.03. The average molecular weight is 288 g/mol. The minimum atomic E-state index is 0.599. The summed E-state index contributed by atoms with van der Waals surface area (Å²) in [5.74, 6) is 0.798. The minimum Gasteiger partial charge on any atom is -0.312 e. The highest BCUT2D eigenvalue weighted by molar-refractivity contribution is 9.10. The molecule has 1 aromatic rings. The van der Waals surface area contributed by atoms with Gasteiger partial charge in [0, 0.05) is 18.8 Å². The van der Waals surface area contributed by atoms with Crippen LogP contribution in [-0.2, 0) is 6.54 Å². The number of hydrogen-bond acceptors (Lipinski definition) is 2. The van der Waals surface area contributed by atoms with Gasteiger partial charge in [-0.1, -0.05) is 13.8 Å². The maximum Gasteiger partial charge on any atom is 0.0632 e. The van der Waals surface area contributed by atoms with Gasteiger partial charge in [0.15, 0.2) is 0 Å². The zero-order valence-electron chi connectivity index (χ0n) is 10.4. The second kappa shape index (κ2) is 7.07. The summed E-state index contributed by atoms with van der Waals surface area (Å²) in [4.78, 5) is 0. The van der Waals surface area contributed by atoms with Crippen molar-refractivity contribution >= 4 is 15.9 Å². The van der Waals surface area contributed by atoms with Gasteiger partial charge in [-0.2, -0.15) is 5.10 Å². The van der Waals surface area contributed by atoms with Crippen LogP contribution in [0.4, 0.5) is 0 Å². The largest absolute Gasteiger partial charge is 0.312 e. The number of aromatic nitrogens is 2. The smallest absolute Gasteiger partial charge is 0.0632 e. The van der Waals surface area contributed by atoms with Crippen LogP contribution in [0, 0.1) is 5.92 Å². The van der Waals surface area contributed by atoms with Gasteiger partial charge < -0.3 is 5.32 Å². The second-order valence-electron chi connectivity index (χ2n) is 4.75. The maximum absolute atomic E-state index is 4.22. The van der Waals surface area contributed by atoms with E-state index in [1.165, 1.54) is 12.8 Å². The lowest BCUT2D eigenvalue weighted by molar-refractivity contribution is 0.435. The first-order valence-electron chi connectivity index (χ1n) is 5.99. The van der Waals surface area contributed by atoms with Gasteiger partial charge in [-0.3, -0.25) is 4.68 Å². The fourth-order valence-corrected chi connectivity index (χ4v) is 1.90. The van der Waals surface area contributed by atoms with Crippen molar-refractivity contribution in [1.82, 2.24) is 15.1 Å². The zero-order valence-corrected chi connectivity index (χ0v) is 12.0. The molecule has 0 aliphatic rings. The molecule has 0 radical (unpaired) electrons. The van der Waals surface area contributed by atoms with Gasteiger partial charge in [0.25, 0.3) is 0 Å². The van der Waals surface area contributed by atoms with Crippen molar-refractivity contribution in [3.05, 3.63) is 16.9 Å². The quantitative estimate of drug-likeness (QED) is 0.835. The van der Waals surface area contributed by atoms with Crippen LogP contribution in [0.3, 0.4) is 0 Å². The number of nitrogens with one attached hydrogen (secondary N) is 1. The number of hydrogen-bond donors (Lipinski definition) is 1. The van der Waals surface area contributed by atoms with E-state index in [0.29, 0.717) is 6.04 Å². The molecule has 0 fully saturated rings. The lowest BCUT2D eigenvalue weighted by atomic mass is 10.0. The van der Waals surface area contributed by atoms with Crippen LogP contribution in [0.15, 0.2) is 16.9 Å². The summed E-state index contributed by atoms with van der Waals surface area (Å²) in [7, 11) is 0. The fraction of sp³-hybridized carbons (Fsp3) is 0.750. The predicted molar refractivity (Wildman–Crippen MR) is 71.5 cm³/mol. The fourth-order valence-electron chi connectivity index (χ4n) is 1.57. The third-order valence-corrected chi connectivity index (χ3v) is 3.02. The molecular formula is C12H22BrN3. The van der Waals surface area contributed by atoms with E-state index in [-0.39, 0.29) is 0 Å². The summed E-state index contributed by atoms with van der Waals surface area (Å²) in [6, 6.07) is 0.599.